The molecule has 6 nitrogen and oxygen atoms in total. The van der Waals surface area contributed by atoms with Gasteiger partial charge in [-0.1, -0.05) is 23.2 Å². The molecule has 0 bridgehead atoms. The van der Waals surface area contributed by atoms with Gasteiger partial charge in [0.25, 0.3) is 5.91 Å². The molecule has 0 saturated carbocycles. The summed E-state index contributed by atoms with van der Waals surface area (Å²) in [6, 6.07) is 2.98. The summed E-state index contributed by atoms with van der Waals surface area (Å²) in [6.07, 6.45) is 0.710. The number of rotatable bonds is 7. The van der Waals surface area contributed by atoms with E-state index in [0.717, 1.165) is 0 Å². The van der Waals surface area contributed by atoms with Crippen LogP contribution in [0.5, 0.6) is 0 Å². The number of nitrogens with one attached hydrogen (secondary N) is 1. The molecule has 116 valence electrons. The Morgan fingerprint density at radius 1 is 1.38 bits per heavy atom. The molecule has 1 aromatic rings. The summed E-state index contributed by atoms with van der Waals surface area (Å²) >= 11 is 11.6. The molecule has 0 aliphatic carbocycles. The fourth-order valence-electron chi connectivity index (χ4n) is 1.54. The maximum atomic E-state index is 12.1. The molecule has 1 heterocycles. The Morgan fingerprint density at radius 2 is 2.10 bits per heavy atom. The third-order valence-corrected chi connectivity index (χ3v) is 3.10. The van der Waals surface area contributed by atoms with Gasteiger partial charge in [0.05, 0.1) is 11.6 Å². The van der Waals surface area contributed by atoms with Crippen molar-refractivity contribution in [1.29, 1.82) is 0 Å². The predicted octanol–water partition coefficient (Wildman–Crippen LogP) is 1.61. The number of carbonyl (C=O) groups excluding carboxylic acids is 2. The van der Waals surface area contributed by atoms with E-state index in [2.05, 4.69) is 10.3 Å². The second kappa shape index (κ2) is 8.81. The largest absolute Gasteiger partial charge is 0.385 e. The fourth-order valence-corrected chi connectivity index (χ4v) is 1.87. The molecule has 8 heteroatoms. The van der Waals surface area contributed by atoms with E-state index in [0.29, 0.717) is 19.6 Å². The van der Waals surface area contributed by atoms with Gasteiger partial charge in [0, 0.05) is 27.3 Å². The van der Waals surface area contributed by atoms with E-state index < -0.39 is 5.91 Å². The molecule has 1 N–H and O–H groups in total. The van der Waals surface area contributed by atoms with Gasteiger partial charge in [-0.2, -0.15) is 0 Å². The minimum Gasteiger partial charge on any atom is -0.385 e. The molecule has 0 spiro atoms. The van der Waals surface area contributed by atoms with Crippen molar-refractivity contribution in [3.05, 3.63) is 28.0 Å². The van der Waals surface area contributed by atoms with Crippen LogP contribution in [0.3, 0.4) is 0 Å². The van der Waals surface area contributed by atoms with Crippen molar-refractivity contribution in [3.8, 4) is 0 Å². The first-order valence-electron chi connectivity index (χ1n) is 6.29. The first-order chi connectivity index (χ1) is 9.95. The van der Waals surface area contributed by atoms with Crippen molar-refractivity contribution >= 4 is 35.0 Å². The van der Waals surface area contributed by atoms with E-state index in [9.17, 15) is 9.59 Å². The Morgan fingerprint density at radius 3 is 2.76 bits per heavy atom. The summed E-state index contributed by atoms with van der Waals surface area (Å²) in [5.74, 6) is -0.727. The number of pyridine rings is 1. The minimum absolute atomic E-state index is 0.0267. The zero-order valence-corrected chi connectivity index (χ0v) is 13.4. The molecule has 0 aromatic carbocycles. The third kappa shape index (κ3) is 5.87. The Kier molecular flexibility index (Phi) is 7.42. The van der Waals surface area contributed by atoms with Crippen LogP contribution >= 0.6 is 23.2 Å². The lowest BCUT2D eigenvalue weighted by atomic mass is 10.3. The smallest absolute Gasteiger partial charge is 0.274 e. The summed E-state index contributed by atoms with van der Waals surface area (Å²) < 4.78 is 4.87. The lowest BCUT2D eigenvalue weighted by Gasteiger charge is -2.17. The standard InChI is InChI=1S/C13H17Cl2N3O3/c1-18(8-11(19)16-6-3-7-21-2)13(20)12-9(14)4-5-10(15)17-12/h4-5H,3,6-8H2,1-2H3,(H,16,19). The van der Waals surface area contributed by atoms with Crippen LogP contribution in [0.25, 0.3) is 0 Å². The van der Waals surface area contributed by atoms with Crippen LogP contribution in [0.1, 0.15) is 16.9 Å². The van der Waals surface area contributed by atoms with Crippen molar-refractivity contribution in [3.63, 3.8) is 0 Å². The summed E-state index contributed by atoms with van der Waals surface area (Å²) in [5.41, 5.74) is 0.0267. The predicted molar refractivity (Wildman–Crippen MR) is 80.7 cm³/mol. The van der Waals surface area contributed by atoms with Crippen LogP contribution in [0.2, 0.25) is 10.2 Å². The molecule has 21 heavy (non-hydrogen) atoms. The number of hydrogen-bond acceptors (Lipinski definition) is 4. The molecule has 0 atom stereocenters. The second-order valence-electron chi connectivity index (χ2n) is 4.32. The van der Waals surface area contributed by atoms with E-state index in [1.807, 2.05) is 0 Å². The molecule has 0 radical (unpaired) electrons. The molecular formula is C13H17Cl2N3O3. The Balaban J connectivity index is 2.54. The van der Waals surface area contributed by atoms with Gasteiger partial charge in [-0.05, 0) is 18.6 Å². The zero-order chi connectivity index (χ0) is 15.8. The van der Waals surface area contributed by atoms with E-state index >= 15 is 0 Å². The quantitative estimate of drug-likeness (QED) is 0.607. The molecule has 0 aliphatic heterocycles. The number of halogens is 2. The Bertz CT molecular complexity index is 511. The van der Waals surface area contributed by atoms with Gasteiger partial charge in [0.1, 0.15) is 10.8 Å². The SMILES string of the molecule is COCCCNC(=O)CN(C)C(=O)c1nc(Cl)ccc1Cl. The van der Waals surface area contributed by atoms with Crippen LogP contribution in [0.4, 0.5) is 0 Å². The van der Waals surface area contributed by atoms with Crippen molar-refractivity contribution in [2.24, 2.45) is 0 Å². The maximum absolute atomic E-state index is 12.1. The molecule has 2 amide bonds. The highest BCUT2D eigenvalue weighted by Gasteiger charge is 2.19. The van der Waals surface area contributed by atoms with Gasteiger partial charge in [-0.3, -0.25) is 9.59 Å². The summed E-state index contributed by atoms with van der Waals surface area (Å²) in [6.45, 7) is 0.971. The van der Waals surface area contributed by atoms with Crippen molar-refractivity contribution < 1.29 is 14.3 Å². The molecule has 0 aliphatic rings. The second-order valence-corrected chi connectivity index (χ2v) is 5.12. The van der Waals surface area contributed by atoms with Gasteiger partial charge in [0.2, 0.25) is 5.91 Å². The van der Waals surface area contributed by atoms with Gasteiger partial charge >= 0.3 is 0 Å². The van der Waals surface area contributed by atoms with Crippen LogP contribution in [-0.2, 0) is 9.53 Å². The van der Waals surface area contributed by atoms with Gasteiger partial charge in [-0.15, -0.1) is 0 Å². The topological polar surface area (TPSA) is 71.5 Å². The lowest BCUT2D eigenvalue weighted by molar-refractivity contribution is -0.121. The fraction of sp³-hybridized carbons (Fsp3) is 0.462. The van der Waals surface area contributed by atoms with Crippen LogP contribution in [-0.4, -0.2) is 55.6 Å². The lowest BCUT2D eigenvalue weighted by Crippen LogP contribution is -2.39. The molecule has 1 aromatic heterocycles. The number of nitrogens with zero attached hydrogens (tertiary/aromatic N) is 2. The molecule has 0 unspecified atom stereocenters. The Labute approximate surface area is 133 Å². The number of carbonyl (C=O) groups is 2. The highest BCUT2D eigenvalue weighted by molar-refractivity contribution is 6.34. The third-order valence-electron chi connectivity index (χ3n) is 2.59. The number of ether oxygens (including phenoxy) is 1. The number of likely N-dealkylation sites (N-methyl/N-ethyl adjacent to an activating group) is 1. The maximum Gasteiger partial charge on any atom is 0.274 e. The summed E-state index contributed by atoms with van der Waals surface area (Å²) in [5, 5.41) is 3.05. The molecule has 0 fully saturated rings. The van der Waals surface area contributed by atoms with Crippen molar-refractivity contribution in [1.82, 2.24) is 15.2 Å². The first kappa shape index (κ1) is 17.7. The summed E-state index contributed by atoms with van der Waals surface area (Å²) in [7, 11) is 3.09. The van der Waals surface area contributed by atoms with E-state index in [4.69, 9.17) is 27.9 Å². The number of amides is 2. The van der Waals surface area contributed by atoms with Crippen molar-refractivity contribution in [2.45, 2.75) is 6.42 Å². The average Bonchev–Trinajstić information content (AvgIpc) is 2.45. The summed E-state index contributed by atoms with van der Waals surface area (Å²) in [4.78, 5) is 28.9. The average molecular weight is 334 g/mol. The highest BCUT2D eigenvalue weighted by atomic mass is 35.5. The minimum atomic E-state index is -0.463. The van der Waals surface area contributed by atoms with Crippen LogP contribution in [0, 0.1) is 0 Å². The van der Waals surface area contributed by atoms with E-state index in [-0.39, 0.29) is 28.3 Å². The van der Waals surface area contributed by atoms with E-state index in [1.54, 1.807) is 7.11 Å². The van der Waals surface area contributed by atoms with Gasteiger partial charge < -0.3 is 15.0 Å². The molecule has 0 saturated heterocycles. The van der Waals surface area contributed by atoms with Crippen LogP contribution < -0.4 is 5.32 Å². The van der Waals surface area contributed by atoms with Crippen molar-refractivity contribution in [2.75, 3.05) is 33.9 Å². The van der Waals surface area contributed by atoms with Gasteiger partial charge in [0.15, 0.2) is 0 Å². The number of aromatic nitrogens is 1. The monoisotopic (exact) mass is 333 g/mol. The first-order valence-corrected chi connectivity index (χ1v) is 7.04. The Hall–Kier alpha value is -1.37. The van der Waals surface area contributed by atoms with Crippen LogP contribution in [0.15, 0.2) is 12.1 Å². The highest BCUT2D eigenvalue weighted by Crippen LogP contribution is 2.18. The number of hydrogen-bond donors (Lipinski definition) is 1. The van der Waals surface area contributed by atoms with E-state index in [1.165, 1.54) is 24.1 Å². The number of methoxy groups -OCH3 is 1. The molecule has 1 rings (SSSR count). The molecular weight excluding hydrogens is 317 g/mol. The zero-order valence-electron chi connectivity index (χ0n) is 11.9. The van der Waals surface area contributed by atoms with Gasteiger partial charge in [-0.25, -0.2) is 4.98 Å². The normalized spacial score (nSPS) is 10.3.